The van der Waals surface area contributed by atoms with Gasteiger partial charge in [0.05, 0.1) is 0 Å². The molecule has 0 aromatic heterocycles. The van der Waals surface area contributed by atoms with Crippen molar-refractivity contribution in [1.29, 1.82) is 0 Å². The zero-order chi connectivity index (χ0) is 17.7. The highest BCUT2D eigenvalue weighted by molar-refractivity contribution is 4.65. The van der Waals surface area contributed by atoms with E-state index in [1.165, 1.54) is 70.6 Å². The van der Waals surface area contributed by atoms with Crippen LogP contribution in [0.25, 0.3) is 0 Å². The predicted molar refractivity (Wildman–Crippen MR) is 108 cm³/mol. The fraction of sp³-hybridized carbons (Fsp3) is 1.00. The molecule has 0 nitrogen and oxygen atoms in total. The molecule has 140 valence electrons. The molecular weight excluding hydrogens is 276 g/mol. The van der Waals surface area contributed by atoms with E-state index in [9.17, 15) is 0 Å². The maximum absolute atomic E-state index is 2.47. The lowest BCUT2D eigenvalue weighted by atomic mass is 9.85. The van der Waals surface area contributed by atoms with Crippen molar-refractivity contribution in [1.82, 2.24) is 0 Å². The minimum Gasteiger partial charge on any atom is -0.0651 e. The van der Waals surface area contributed by atoms with Crippen LogP contribution in [-0.4, -0.2) is 0 Å². The molecule has 3 atom stereocenters. The highest BCUT2D eigenvalue weighted by Gasteiger charge is 2.12. The second-order valence-corrected chi connectivity index (χ2v) is 9.30. The Morgan fingerprint density at radius 3 is 1.43 bits per heavy atom. The molecule has 23 heavy (non-hydrogen) atoms. The van der Waals surface area contributed by atoms with E-state index in [0.717, 1.165) is 29.6 Å². The Bertz CT molecular complexity index is 240. The molecular formula is C23H48. The molecule has 0 rings (SSSR count). The van der Waals surface area contributed by atoms with Gasteiger partial charge in [-0.05, 0) is 36.0 Å². The monoisotopic (exact) mass is 324 g/mol. The van der Waals surface area contributed by atoms with Gasteiger partial charge in [-0.1, -0.05) is 113 Å². The summed E-state index contributed by atoms with van der Waals surface area (Å²) in [6.45, 7) is 16.7. The normalized spacial score (nSPS) is 16.0. The van der Waals surface area contributed by atoms with Crippen molar-refractivity contribution in [2.75, 3.05) is 0 Å². The quantitative estimate of drug-likeness (QED) is 0.283. The van der Waals surface area contributed by atoms with Crippen LogP contribution in [0, 0.1) is 29.6 Å². The molecule has 0 heteroatoms. The Morgan fingerprint density at radius 1 is 0.522 bits per heavy atom. The first kappa shape index (κ1) is 23.0. The van der Waals surface area contributed by atoms with Gasteiger partial charge in [-0.2, -0.15) is 0 Å². The maximum Gasteiger partial charge on any atom is -0.0412 e. The fourth-order valence-corrected chi connectivity index (χ4v) is 3.78. The lowest BCUT2D eigenvalue weighted by Gasteiger charge is -2.21. The third-order valence-corrected chi connectivity index (χ3v) is 5.60. The van der Waals surface area contributed by atoms with Crippen LogP contribution < -0.4 is 0 Å². The van der Waals surface area contributed by atoms with E-state index in [2.05, 4.69) is 48.5 Å². The predicted octanol–water partition coefficient (Wildman–Crippen LogP) is 8.50. The molecule has 0 N–H and O–H groups in total. The number of rotatable bonds is 15. The summed E-state index contributed by atoms with van der Waals surface area (Å²) < 4.78 is 0. The summed E-state index contributed by atoms with van der Waals surface area (Å²) in [5.41, 5.74) is 0. The van der Waals surface area contributed by atoms with Gasteiger partial charge in [-0.25, -0.2) is 0 Å². The molecule has 0 spiro atoms. The Kier molecular flexibility index (Phi) is 14.4. The third kappa shape index (κ3) is 15.3. The van der Waals surface area contributed by atoms with Crippen LogP contribution in [0.2, 0.25) is 0 Å². The first-order chi connectivity index (χ1) is 10.8. The molecule has 0 heterocycles. The molecule has 0 bridgehead atoms. The molecule has 0 aliphatic carbocycles. The largest absolute Gasteiger partial charge is 0.0651 e. The highest BCUT2D eigenvalue weighted by atomic mass is 14.2. The molecule has 0 radical (unpaired) electrons. The summed E-state index contributed by atoms with van der Waals surface area (Å²) in [5, 5.41) is 0. The summed E-state index contributed by atoms with van der Waals surface area (Å²) in [6.07, 6.45) is 15.9. The molecule has 3 unspecified atom stereocenters. The molecule has 0 aromatic carbocycles. The number of hydrogen-bond acceptors (Lipinski definition) is 0. The molecule has 0 aliphatic rings. The van der Waals surface area contributed by atoms with E-state index in [4.69, 9.17) is 0 Å². The van der Waals surface area contributed by atoms with E-state index in [1.54, 1.807) is 0 Å². The van der Waals surface area contributed by atoms with Gasteiger partial charge < -0.3 is 0 Å². The minimum absolute atomic E-state index is 0.868. The molecule has 0 aromatic rings. The van der Waals surface area contributed by atoms with E-state index in [0.29, 0.717) is 0 Å². The van der Waals surface area contributed by atoms with Crippen molar-refractivity contribution in [3.05, 3.63) is 0 Å². The highest BCUT2D eigenvalue weighted by Crippen LogP contribution is 2.27. The zero-order valence-corrected chi connectivity index (χ0v) is 17.7. The first-order valence-electron chi connectivity index (χ1n) is 10.8. The van der Waals surface area contributed by atoms with Gasteiger partial charge in [0.2, 0.25) is 0 Å². The van der Waals surface area contributed by atoms with Gasteiger partial charge in [0.15, 0.2) is 0 Å². The van der Waals surface area contributed by atoms with Gasteiger partial charge in [0.25, 0.3) is 0 Å². The summed E-state index contributed by atoms with van der Waals surface area (Å²) in [6, 6.07) is 0. The van der Waals surface area contributed by atoms with E-state index < -0.39 is 0 Å². The van der Waals surface area contributed by atoms with E-state index in [-0.39, 0.29) is 0 Å². The van der Waals surface area contributed by atoms with E-state index >= 15 is 0 Å². The van der Waals surface area contributed by atoms with Gasteiger partial charge in [-0.15, -0.1) is 0 Å². The third-order valence-electron chi connectivity index (χ3n) is 5.60. The van der Waals surface area contributed by atoms with Crippen molar-refractivity contribution >= 4 is 0 Å². The Labute approximate surface area is 149 Å². The Hall–Kier alpha value is 0. The summed E-state index contributed by atoms with van der Waals surface area (Å²) in [7, 11) is 0. The minimum atomic E-state index is 0.868. The van der Waals surface area contributed by atoms with Gasteiger partial charge in [0, 0.05) is 0 Å². The first-order valence-corrected chi connectivity index (χ1v) is 10.8. The van der Waals surface area contributed by atoms with E-state index in [1.807, 2.05) is 0 Å². The molecule has 0 amide bonds. The molecule has 0 fully saturated rings. The second kappa shape index (κ2) is 14.4. The smallest absolute Gasteiger partial charge is 0.0412 e. The van der Waals surface area contributed by atoms with Crippen LogP contribution in [0.1, 0.15) is 119 Å². The fourth-order valence-electron chi connectivity index (χ4n) is 3.78. The zero-order valence-electron chi connectivity index (χ0n) is 17.7. The molecule has 0 aliphatic heterocycles. The lowest BCUT2D eigenvalue weighted by Crippen LogP contribution is -2.07. The van der Waals surface area contributed by atoms with Gasteiger partial charge in [0.1, 0.15) is 0 Å². The summed E-state index contributed by atoms with van der Waals surface area (Å²) in [5.74, 6) is 4.60. The Morgan fingerprint density at radius 2 is 1.00 bits per heavy atom. The van der Waals surface area contributed by atoms with Gasteiger partial charge >= 0.3 is 0 Å². The molecule has 0 saturated carbocycles. The topological polar surface area (TPSA) is 0 Å². The van der Waals surface area contributed by atoms with Crippen molar-refractivity contribution in [2.24, 2.45) is 29.6 Å². The standard InChI is InChI=1S/C23H48/c1-8-21(6)13-10-16-23(18-20(4)5)17-11-15-22(7)14-9-12-19(2)3/h19-23H,8-18H2,1-7H3. The number of hydrogen-bond donors (Lipinski definition) is 0. The van der Waals surface area contributed by atoms with Crippen LogP contribution in [0.3, 0.4) is 0 Å². The SMILES string of the molecule is CCC(C)CCCC(CCCC(C)CCCC(C)C)CC(C)C. The Balaban J connectivity index is 3.90. The lowest BCUT2D eigenvalue weighted by molar-refractivity contribution is 0.318. The van der Waals surface area contributed by atoms with Crippen molar-refractivity contribution < 1.29 is 0 Å². The van der Waals surface area contributed by atoms with Crippen LogP contribution >= 0.6 is 0 Å². The average Bonchev–Trinajstić information content (AvgIpc) is 2.45. The molecule has 0 saturated heterocycles. The van der Waals surface area contributed by atoms with Crippen LogP contribution in [-0.2, 0) is 0 Å². The van der Waals surface area contributed by atoms with Crippen LogP contribution in [0.15, 0.2) is 0 Å². The van der Waals surface area contributed by atoms with Crippen LogP contribution in [0.5, 0.6) is 0 Å². The van der Waals surface area contributed by atoms with Crippen molar-refractivity contribution in [2.45, 2.75) is 119 Å². The van der Waals surface area contributed by atoms with Gasteiger partial charge in [-0.3, -0.25) is 0 Å². The average molecular weight is 325 g/mol. The van der Waals surface area contributed by atoms with Crippen molar-refractivity contribution in [3.63, 3.8) is 0 Å². The second-order valence-electron chi connectivity index (χ2n) is 9.30. The summed E-state index contributed by atoms with van der Waals surface area (Å²) >= 11 is 0. The summed E-state index contributed by atoms with van der Waals surface area (Å²) in [4.78, 5) is 0. The maximum atomic E-state index is 2.47. The van der Waals surface area contributed by atoms with Crippen LogP contribution in [0.4, 0.5) is 0 Å². The van der Waals surface area contributed by atoms with Crippen molar-refractivity contribution in [3.8, 4) is 0 Å².